The highest BCUT2D eigenvalue weighted by Crippen LogP contribution is 2.20. The molecule has 1 aromatic carbocycles. The Morgan fingerprint density at radius 1 is 1.32 bits per heavy atom. The monoisotopic (exact) mass is 319 g/mol. The number of hydrogen-bond donors (Lipinski definition) is 1. The third-order valence-corrected chi connectivity index (χ3v) is 2.81. The number of ether oxygens (including phenoxy) is 1. The zero-order valence-corrected chi connectivity index (χ0v) is 12.3. The molecule has 0 aliphatic rings. The predicted octanol–water partition coefficient (Wildman–Crippen LogP) is 3.39. The second-order valence-corrected chi connectivity index (χ2v) is 5.48. The van der Waals surface area contributed by atoms with Crippen molar-refractivity contribution in [2.24, 2.45) is 0 Å². The van der Waals surface area contributed by atoms with E-state index < -0.39 is 47.7 Å². The molecule has 0 spiro atoms. The van der Waals surface area contributed by atoms with Crippen LogP contribution in [0, 0.1) is 5.82 Å². The molecular weight excluding hydrogens is 303 g/mol. The number of rotatable bonds is 5. The van der Waals surface area contributed by atoms with Crippen molar-refractivity contribution in [3.8, 4) is 5.75 Å². The molecule has 1 amide bonds. The molecule has 0 atom stereocenters. The van der Waals surface area contributed by atoms with Crippen molar-refractivity contribution < 1.29 is 32.6 Å². The fourth-order valence-electron chi connectivity index (χ4n) is 1.72. The lowest BCUT2D eigenvalue weighted by Gasteiger charge is -2.32. The van der Waals surface area contributed by atoms with E-state index in [2.05, 4.69) is 4.74 Å². The van der Waals surface area contributed by atoms with Gasteiger partial charge in [-0.05, 0) is 32.9 Å². The van der Waals surface area contributed by atoms with E-state index in [0.717, 1.165) is 17.0 Å². The molecule has 0 saturated carbocycles. The summed E-state index contributed by atoms with van der Waals surface area (Å²) in [6.45, 7) is 1.11. The van der Waals surface area contributed by atoms with E-state index in [1.54, 1.807) is 20.8 Å². The lowest BCUT2D eigenvalue weighted by atomic mass is 10.0. The number of Topliss-reactive ketones (excluding diaryl/α,β-unsaturated/α-hetero) is 1. The fourth-order valence-corrected chi connectivity index (χ4v) is 1.72. The zero-order valence-electron chi connectivity index (χ0n) is 12.3. The quantitative estimate of drug-likeness (QED) is 0.845. The summed E-state index contributed by atoms with van der Waals surface area (Å²) in [5.41, 5.74) is -1.24. The lowest BCUT2D eigenvalue weighted by molar-refractivity contribution is -0.0500. The van der Waals surface area contributed by atoms with Crippen molar-refractivity contribution in [3.63, 3.8) is 0 Å². The summed E-state index contributed by atoms with van der Waals surface area (Å²) in [7, 11) is 0. The van der Waals surface area contributed by atoms with Crippen molar-refractivity contribution in [1.82, 2.24) is 4.90 Å². The summed E-state index contributed by atoms with van der Waals surface area (Å²) >= 11 is 0. The molecule has 22 heavy (non-hydrogen) atoms. The van der Waals surface area contributed by atoms with Gasteiger partial charge in [0.15, 0.2) is 5.78 Å². The Morgan fingerprint density at radius 2 is 1.91 bits per heavy atom. The van der Waals surface area contributed by atoms with Crippen LogP contribution in [0.1, 0.15) is 31.1 Å². The molecule has 0 aliphatic carbocycles. The molecule has 0 unspecified atom stereocenters. The largest absolute Gasteiger partial charge is 0.465 e. The lowest BCUT2D eigenvalue weighted by Crippen LogP contribution is -2.47. The first-order valence-corrected chi connectivity index (χ1v) is 6.30. The molecule has 0 fully saturated rings. The number of alkyl halides is 2. The fraction of sp³-hybridized carbons (Fsp3) is 0.429. The van der Waals surface area contributed by atoms with Gasteiger partial charge in [-0.1, -0.05) is 0 Å². The van der Waals surface area contributed by atoms with Gasteiger partial charge in [-0.3, -0.25) is 9.69 Å². The molecule has 5 nitrogen and oxygen atoms in total. The summed E-state index contributed by atoms with van der Waals surface area (Å²) in [5, 5.41) is 9.09. The van der Waals surface area contributed by atoms with E-state index in [1.807, 2.05) is 0 Å². The van der Waals surface area contributed by atoms with Gasteiger partial charge < -0.3 is 9.84 Å². The molecule has 1 rings (SSSR count). The minimum atomic E-state index is -3.11. The molecule has 0 aliphatic heterocycles. The van der Waals surface area contributed by atoms with Gasteiger partial charge in [-0.25, -0.2) is 9.18 Å². The average molecular weight is 319 g/mol. The number of carbonyl (C=O) groups excluding carboxylic acids is 1. The number of carboxylic acid groups (broad SMARTS) is 1. The third-order valence-electron chi connectivity index (χ3n) is 2.81. The van der Waals surface area contributed by atoms with Crippen LogP contribution in [0.25, 0.3) is 0 Å². The average Bonchev–Trinajstić information content (AvgIpc) is 2.33. The highest BCUT2D eigenvalue weighted by atomic mass is 19.3. The van der Waals surface area contributed by atoms with Gasteiger partial charge >= 0.3 is 12.7 Å². The van der Waals surface area contributed by atoms with Gasteiger partial charge in [0, 0.05) is 11.6 Å². The number of amides is 1. The highest BCUT2D eigenvalue weighted by Gasteiger charge is 2.29. The van der Waals surface area contributed by atoms with E-state index >= 15 is 0 Å². The Balaban J connectivity index is 2.96. The van der Waals surface area contributed by atoms with E-state index in [0.29, 0.717) is 6.07 Å². The van der Waals surface area contributed by atoms with Crippen molar-refractivity contribution >= 4 is 11.9 Å². The van der Waals surface area contributed by atoms with Crippen LogP contribution in [0.4, 0.5) is 18.0 Å². The number of nitrogens with zero attached hydrogens (tertiary/aromatic N) is 1. The minimum absolute atomic E-state index is 0.392. The van der Waals surface area contributed by atoms with Gasteiger partial charge in [0.05, 0.1) is 12.1 Å². The standard InChI is InChI=1S/C14H16F3NO4/c1-14(2,3)18(13(20)21)7-11(19)9-5-4-8(6-10(9)15)22-12(16)17/h4-6,12H,7H2,1-3H3,(H,20,21). The highest BCUT2D eigenvalue weighted by molar-refractivity contribution is 5.99. The summed E-state index contributed by atoms with van der Waals surface area (Å²) < 4.78 is 41.8. The molecule has 0 saturated heterocycles. The normalized spacial score (nSPS) is 11.4. The molecular formula is C14H16F3NO4. The summed E-state index contributed by atoms with van der Waals surface area (Å²) in [4.78, 5) is 24.0. The summed E-state index contributed by atoms with van der Waals surface area (Å²) in [5.74, 6) is -2.25. The van der Waals surface area contributed by atoms with E-state index in [1.165, 1.54) is 0 Å². The number of ketones is 1. The summed E-state index contributed by atoms with van der Waals surface area (Å²) in [6, 6.07) is 2.66. The van der Waals surface area contributed by atoms with Crippen LogP contribution in [0.2, 0.25) is 0 Å². The number of hydrogen-bond acceptors (Lipinski definition) is 3. The molecule has 1 N–H and O–H groups in total. The number of halogens is 3. The van der Waals surface area contributed by atoms with Gasteiger partial charge in [0.1, 0.15) is 11.6 Å². The maximum Gasteiger partial charge on any atom is 0.408 e. The first-order valence-electron chi connectivity index (χ1n) is 6.30. The van der Waals surface area contributed by atoms with Crippen LogP contribution in [-0.2, 0) is 0 Å². The Hall–Kier alpha value is -2.25. The van der Waals surface area contributed by atoms with Crippen molar-refractivity contribution in [2.75, 3.05) is 6.54 Å². The number of benzene rings is 1. The third kappa shape index (κ3) is 4.64. The SMILES string of the molecule is CC(C)(C)N(CC(=O)c1ccc(OC(F)F)cc1F)C(=O)O. The Labute approximate surface area is 125 Å². The molecule has 122 valence electrons. The number of carbonyl (C=O) groups is 2. The van der Waals surface area contributed by atoms with Crippen LogP contribution < -0.4 is 4.74 Å². The van der Waals surface area contributed by atoms with Crippen molar-refractivity contribution in [1.29, 1.82) is 0 Å². The van der Waals surface area contributed by atoms with Crippen LogP contribution in [0.5, 0.6) is 5.75 Å². The van der Waals surface area contributed by atoms with Crippen LogP contribution in [0.15, 0.2) is 18.2 Å². The second kappa shape index (κ2) is 6.67. The maximum absolute atomic E-state index is 13.8. The topological polar surface area (TPSA) is 66.8 Å². The first-order chi connectivity index (χ1) is 10.0. The van der Waals surface area contributed by atoms with Crippen LogP contribution >= 0.6 is 0 Å². The zero-order chi connectivity index (χ0) is 17.1. The second-order valence-electron chi connectivity index (χ2n) is 5.48. The Kier molecular flexibility index (Phi) is 5.40. The van der Waals surface area contributed by atoms with Crippen LogP contribution in [-0.4, -0.2) is 40.6 Å². The Bertz CT molecular complexity index is 570. The molecule has 1 aromatic rings. The van der Waals surface area contributed by atoms with Crippen molar-refractivity contribution in [2.45, 2.75) is 32.9 Å². The molecule has 0 bridgehead atoms. The maximum atomic E-state index is 13.8. The molecule has 0 radical (unpaired) electrons. The van der Waals surface area contributed by atoms with Crippen molar-refractivity contribution in [3.05, 3.63) is 29.6 Å². The molecule has 0 aromatic heterocycles. The van der Waals surface area contributed by atoms with E-state index in [9.17, 15) is 22.8 Å². The van der Waals surface area contributed by atoms with E-state index in [4.69, 9.17) is 5.11 Å². The van der Waals surface area contributed by atoms with E-state index in [-0.39, 0.29) is 0 Å². The summed E-state index contributed by atoms with van der Waals surface area (Å²) in [6.07, 6.45) is -1.32. The minimum Gasteiger partial charge on any atom is -0.465 e. The van der Waals surface area contributed by atoms with Gasteiger partial charge in [0.2, 0.25) is 0 Å². The van der Waals surface area contributed by atoms with Gasteiger partial charge in [-0.15, -0.1) is 0 Å². The van der Waals surface area contributed by atoms with Gasteiger partial charge in [0.25, 0.3) is 0 Å². The van der Waals surface area contributed by atoms with Gasteiger partial charge in [-0.2, -0.15) is 8.78 Å². The molecule has 8 heteroatoms. The van der Waals surface area contributed by atoms with Crippen LogP contribution in [0.3, 0.4) is 0 Å². The molecule has 0 heterocycles. The smallest absolute Gasteiger partial charge is 0.408 e. The predicted molar refractivity (Wildman–Crippen MR) is 71.8 cm³/mol. The first kappa shape index (κ1) is 17.8. The Morgan fingerprint density at radius 3 is 2.32 bits per heavy atom.